The Morgan fingerprint density at radius 3 is 2.67 bits per heavy atom. The lowest BCUT2D eigenvalue weighted by Gasteiger charge is -2.34. The van der Waals surface area contributed by atoms with Gasteiger partial charge < -0.3 is 5.32 Å². The number of alkyl halides is 3. The number of nitrogens with one attached hydrogen (secondary N) is 1. The fourth-order valence-electron chi connectivity index (χ4n) is 2.19. The zero-order chi connectivity index (χ0) is 13.8. The zero-order valence-corrected chi connectivity index (χ0v) is 11.2. The highest BCUT2D eigenvalue weighted by Crippen LogP contribution is 2.33. The lowest BCUT2D eigenvalue weighted by molar-refractivity contribution is -0.186. The predicted octanol–water partition coefficient (Wildman–Crippen LogP) is 2.81. The van der Waals surface area contributed by atoms with E-state index in [1.165, 1.54) is 0 Å². The van der Waals surface area contributed by atoms with Gasteiger partial charge in [-0.3, -0.25) is 4.90 Å². The Kier molecular flexibility index (Phi) is 5.66. The van der Waals surface area contributed by atoms with Crippen molar-refractivity contribution in [3.05, 3.63) is 12.2 Å². The van der Waals surface area contributed by atoms with Crippen LogP contribution < -0.4 is 5.32 Å². The van der Waals surface area contributed by atoms with Crippen LogP contribution in [0.4, 0.5) is 13.2 Å². The van der Waals surface area contributed by atoms with Gasteiger partial charge in [-0.25, -0.2) is 0 Å². The molecule has 0 aromatic heterocycles. The van der Waals surface area contributed by atoms with Gasteiger partial charge in [0.2, 0.25) is 0 Å². The molecule has 5 heteroatoms. The van der Waals surface area contributed by atoms with Crippen molar-refractivity contribution in [2.75, 3.05) is 26.2 Å². The summed E-state index contributed by atoms with van der Waals surface area (Å²) in [5.74, 6) is -1.17. The topological polar surface area (TPSA) is 15.3 Å². The van der Waals surface area contributed by atoms with Crippen molar-refractivity contribution in [2.45, 2.75) is 38.9 Å². The Labute approximate surface area is 107 Å². The Hall–Kier alpha value is -0.550. The van der Waals surface area contributed by atoms with Gasteiger partial charge in [-0.15, -0.1) is 0 Å². The molecule has 0 amide bonds. The first-order chi connectivity index (χ1) is 8.29. The summed E-state index contributed by atoms with van der Waals surface area (Å²) in [4.78, 5) is 1.87. The van der Waals surface area contributed by atoms with E-state index in [1.54, 1.807) is 0 Å². The number of rotatable bonds is 5. The lowest BCUT2D eigenvalue weighted by Crippen LogP contribution is -2.43. The van der Waals surface area contributed by atoms with Crippen molar-refractivity contribution >= 4 is 0 Å². The second kappa shape index (κ2) is 6.57. The van der Waals surface area contributed by atoms with Crippen LogP contribution in [0.2, 0.25) is 0 Å². The first-order valence-electron chi connectivity index (χ1n) is 6.48. The molecule has 2 nitrogen and oxygen atoms in total. The third-order valence-electron chi connectivity index (χ3n) is 3.18. The molecule has 0 bridgehead atoms. The van der Waals surface area contributed by atoms with Crippen LogP contribution in [-0.2, 0) is 0 Å². The molecular formula is C13H23F3N2. The largest absolute Gasteiger partial charge is 0.393 e. The summed E-state index contributed by atoms with van der Waals surface area (Å²) in [6.07, 6.45) is -3.18. The van der Waals surface area contributed by atoms with Gasteiger partial charge in [0.1, 0.15) is 0 Å². The molecule has 0 aromatic rings. The van der Waals surface area contributed by atoms with Crippen LogP contribution in [0, 0.1) is 5.92 Å². The van der Waals surface area contributed by atoms with Crippen molar-refractivity contribution in [1.82, 2.24) is 10.2 Å². The number of piperidine rings is 1. The van der Waals surface area contributed by atoms with E-state index < -0.39 is 12.1 Å². The highest BCUT2D eigenvalue weighted by Gasteiger charge is 2.41. The van der Waals surface area contributed by atoms with E-state index in [0.717, 1.165) is 12.1 Å². The average molecular weight is 264 g/mol. The zero-order valence-electron chi connectivity index (χ0n) is 11.2. The highest BCUT2D eigenvalue weighted by molar-refractivity contribution is 5.01. The van der Waals surface area contributed by atoms with Crippen LogP contribution in [0.5, 0.6) is 0 Å². The van der Waals surface area contributed by atoms with Crippen LogP contribution in [-0.4, -0.2) is 43.3 Å². The van der Waals surface area contributed by atoms with E-state index in [4.69, 9.17) is 0 Å². The molecule has 1 N–H and O–H groups in total. The summed E-state index contributed by atoms with van der Waals surface area (Å²) in [5.41, 5.74) is 0.950. The minimum Gasteiger partial charge on any atom is -0.311 e. The first-order valence-corrected chi connectivity index (χ1v) is 6.48. The Morgan fingerprint density at radius 1 is 1.44 bits per heavy atom. The van der Waals surface area contributed by atoms with Crippen molar-refractivity contribution in [3.8, 4) is 0 Å². The molecule has 1 fully saturated rings. The Balaban J connectivity index is 2.36. The van der Waals surface area contributed by atoms with Gasteiger partial charge >= 0.3 is 6.18 Å². The summed E-state index contributed by atoms with van der Waals surface area (Å²) in [7, 11) is 0. The quantitative estimate of drug-likeness (QED) is 0.768. The highest BCUT2D eigenvalue weighted by atomic mass is 19.4. The minimum absolute atomic E-state index is 0.115. The summed E-state index contributed by atoms with van der Waals surface area (Å²) in [6, 6.07) is 0.367. The Bertz CT molecular complexity index is 274. The maximum absolute atomic E-state index is 12.6. The molecule has 1 unspecified atom stereocenters. The normalized spacial score (nSPS) is 22.4. The molecule has 0 radical (unpaired) electrons. The Morgan fingerprint density at radius 2 is 2.11 bits per heavy atom. The van der Waals surface area contributed by atoms with E-state index in [1.807, 2.05) is 18.7 Å². The molecule has 18 heavy (non-hydrogen) atoms. The van der Waals surface area contributed by atoms with E-state index in [9.17, 15) is 13.2 Å². The molecule has 1 heterocycles. The molecule has 1 saturated heterocycles. The fraction of sp³-hybridized carbons (Fsp3) is 0.846. The molecule has 0 aliphatic carbocycles. The van der Waals surface area contributed by atoms with Crippen molar-refractivity contribution in [1.29, 1.82) is 0 Å². The first kappa shape index (κ1) is 15.5. The van der Waals surface area contributed by atoms with Crippen LogP contribution in [0.15, 0.2) is 12.2 Å². The summed E-state index contributed by atoms with van der Waals surface area (Å²) >= 11 is 0. The number of likely N-dealkylation sites (tertiary alicyclic amines) is 1. The molecule has 1 atom stereocenters. The monoisotopic (exact) mass is 264 g/mol. The SMILES string of the molecule is C=C(CNC(C)C)CN1CCCC(C(F)(F)F)C1. The molecule has 1 aliphatic rings. The van der Waals surface area contributed by atoms with E-state index >= 15 is 0 Å². The summed E-state index contributed by atoms with van der Waals surface area (Å²) < 4.78 is 37.9. The third kappa shape index (κ3) is 5.40. The van der Waals surface area contributed by atoms with Gasteiger partial charge in [0.15, 0.2) is 0 Å². The van der Waals surface area contributed by atoms with Crippen LogP contribution in [0.25, 0.3) is 0 Å². The average Bonchev–Trinajstić information content (AvgIpc) is 2.25. The van der Waals surface area contributed by atoms with Gasteiger partial charge in [-0.05, 0) is 25.0 Å². The van der Waals surface area contributed by atoms with Gasteiger partial charge in [-0.1, -0.05) is 20.4 Å². The van der Waals surface area contributed by atoms with Crippen LogP contribution in [0.3, 0.4) is 0 Å². The molecule has 0 aromatic carbocycles. The molecule has 106 valence electrons. The second-order valence-electron chi connectivity index (χ2n) is 5.40. The fourth-order valence-corrected chi connectivity index (χ4v) is 2.19. The van der Waals surface area contributed by atoms with Gasteiger partial charge in [0, 0.05) is 25.7 Å². The maximum Gasteiger partial charge on any atom is 0.393 e. The van der Waals surface area contributed by atoms with Crippen molar-refractivity contribution < 1.29 is 13.2 Å². The maximum atomic E-state index is 12.6. The molecular weight excluding hydrogens is 241 g/mol. The molecule has 0 saturated carbocycles. The summed E-state index contributed by atoms with van der Waals surface area (Å²) in [6.45, 7) is 10.1. The third-order valence-corrected chi connectivity index (χ3v) is 3.18. The van der Waals surface area contributed by atoms with Crippen LogP contribution in [0.1, 0.15) is 26.7 Å². The van der Waals surface area contributed by atoms with Crippen molar-refractivity contribution in [3.63, 3.8) is 0 Å². The van der Waals surface area contributed by atoms with Crippen LogP contribution >= 0.6 is 0 Å². The standard InChI is InChI=1S/C13H23F3N2/c1-10(2)17-7-11(3)8-18-6-4-5-12(9-18)13(14,15)16/h10,12,17H,3-9H2,1-2H3. The molecule has 1 rings (SSSR count). The molecule has 1 aliphatic heterocycles. The number of hydrogen-bond acceptors (Lipinski definition) is 2. The summed E-state index contributed by atoms with van der Waals surface area (Å²) in [5, 5.41) is 3.23. The van der Waals surface area contributed by atoms with Gasteiger partial charge in [0.05, 0.1) is 5.92 Å². The van der Waals surface area contributed by atoms with E-state index in [2.05, 4.69) is 11.9 Å². The smallest absolute Gasteiger partial charge is 0.311 e. The second-order valence-corrected chi connectivity index (χ2v) is 5.40. The lowest BCUT2D eigenvalue weighted by atomic mass is 9.97. The van der Waals surface area contributed by atoms with E-state index in [0.29, 0.717) is 25.6 Å². The molecule has 0 spiro atoms. The predicted molar refractivity (Wildman–Crippen MR) is 67.5 cm³/mol. The van der Waals surface area contributed by atoms with E-state index in [-0.39, 0.29) is 13.0 Å². The van der Waals surface area contributed by atoms with Gasteiger partial charge in [-0.2, -0.15) is 13.2 Å². The van der Waals surface area contributed by atoms with Crippen molar-refractivity contribution in [2.24, 2.45) is 5.92 Å². The minimum atomic E-state index is -4.06. The number of halogens is 3. The number of hydrogen-bond donors (Lipinski definition) is 1. The number of nitrogens with zero attached hydrogens (tertiary/aromatic N) is 1. The van der Waals surface area contributed by atoms with Gasteiger partial charge in [0.25, 0.3) is 0 Å².